The molecule has 1 aromatic carbocycles. The van der Waals surface area contributed by atoms with E-state index in [-0.39, 0.29) is 11.2 Å². The molecule has 0 aliphatic heterocycles. The van der Waals surface area contributed by atoms with Gasteiger partial charge in [0.15, 0.2) is 0 Å². The minimum absolute atomic E-state index is 0.000995. The van der Waals surface area contributed by atoms with E-state index in [9.17, 15) is 4.39 Å². The Morgan fingerprint density at radius 2 is 2.05 bits per heavy atom. The molecule has 19 heavy (non-hydrogen) atoms. The first kappa shape index (κ1) is 16.5. The van der Waals surface area contributed by atoms with Crippen LogP contribution in [0.25, 0.3) is 0 Å². The van der Waals surface area contributed by atoms with Crippen molar-refractivity contribution in [3.8, 4) is 0 Å². The fourth-order valence-corrected chi connectivity index (χ4v) is 2.36. The zero-order valence-electron chi connectivity index (χ0n) is 12.4. The van der Waals surface area contributed by atoms with Crippen molar-refractivity contribution >= 4 is 11.6 Å². The Labute approximate surface area is 121 Å². The van der Waals surface area contributed by atoms with Gasteiger partial charge in [-0.2, -0.15) is 0 Å². The molecule has 1 unspecified atom stereocenters. The number of rotatable bonds is 7. The molecule has 1 atom stereocenters. The summed E-state index contributed by atoms with van der Waals surface area (Å²) >= 11 is 6.14. The number of benzene rings is 1. The Hall–Kier alpha value is -0.600. The Morgan fingerprint density at radius 1 is 1.37 bits per heavy atom. The van der Waals surface area contributed by atoms with E-state index < -0.39 is 0 Å². The molecule has 1 N–H and O–H groups in total. The third kappa shape index (κ3) is 4.47. The molecule has 1 nitrogen and oxygen atoms in total. The number of hydrogen-bond acceptors (Lipinski definition) is 1. The van der Waals surface area contributed by atoms with Gasteiger partial charge in [-0.15, -0.1) is 0 Å². The van der Waals surface area contributed by atoms with Gasteiger partial charge in [-0.1, -0.05) is 45.4 Å². The molecule has 0 aromatic heterocycles. The van der Waals surface area contributed by atoms with E-state index in [4.69, 9.17) is 11.6 Å². The minimum atomic E-state index is -0.199. The van der Waals surface area contributed by atoms with Gasteiger partial charge in [0.05, 0.1) is 0 Å². The maximum absolute atomic E-state index is 13.9. The highest BCUT2D eigenvalue weighted by molar-refractivity contribution is 6.31. The van der Waals surface area contributed by atoms with Crippen LogP contribution < -0.4 is 5.32 Å². The summed E-state index contributed by atoms with van der Waals surface area (Å²) in [5.74, 6) is 0.252. The largest absolute Gasteiger partial charge is 0.316 e. The predicted molar refractivity (Wildman–Crippen MR) is 81.2 cm³/mol. The van der Waals surface area contributed by atoms with Gasteiger partial charge in [-0.25, -0.2) is 4.39 Å². The third-order valence-electron chi connectivity index (χ3n) is 3.99. The average Bonchev–Trinajstić information content (AvgIpc) is 2.34. The van der Waals surface area contributed by atoms with E-state index in [2.05, 4.69) is 33.0 Å². The topological polar surface area (TPSA) is 12.0 Å². The maximum atomic E-state index is 13.9. The average molecular weight is 286 g/mol. The smallest absolute Gasteiger partial charge is 0.127 e. The molecule has 0 saturated carbocycles. The van der Waals surface area contributed by atoms with Crippen molar-refractivity contribution in [3.63, 3.8) is 0 Å². The first-order chi connectivity index (χ1) is 8.90. The van der Waals surface area contributed by atoms with Gasteiger partial charge in [0.25, 0.3) is 0 Å². The van der Waals surface area contributed by atoms with Crippen molar-refractivity contribution in [2.45, 2.75) is 40.5 Å². The Morgan fingerprint density at radius 3 is 2.58 bits per heavy atom. The second-order valence-electron chi connectivity index (χ2n) is 5.86. The molecule has 0 bridgehead atoms. The summed E-state index contributed by atoms with van der Waals surface area (Å²) in [6, 6.07) is 4.91. The molecular weight excluding hydrogens is 261 g/mol. The van der Waals surface area contributed by atoms with E-state index in [1.807, 2.05) is 0 Å². The van der Waals surface area contributed by atoms with Crippen molar-refractivity contribution in [3.05, 3.63) is 34.6 Å². The third-order valence-corrected chi connectivity index (χ3v) is 4.35. The first-order valence-corrected chi connectivity index (χ1v) is 7.42. The van der Waals surface area contributed by atoms with Crippen LogP contribution in [0, 0.1) is 17.2 Å². The van der Waals surface area contributed by atoms with Gasteiger partial charge in [0.1, 0.15) is 5.82 Å². The molecule has 0 radical (unpaired) electrons. The molecule has 0 saturated heterocycles. The highest BCUT2D eigenvalue weighted by Gasteiger charge is 2.30. The van der Waals surface area contributed by atoms with Crippen molar-refractivity contribution in [1.82, 2.24) is 5.32 Å². The predicted octanol–water partition coefficient (Wildman–Crippen LogP) is 4.68. The normalized spacial score (nSPS) is 14.7. The SMILES string of the molecule is CCCNCC(C)(Cc1c(F)cccc1Cl)C(C)C. The molecule has 1 aromatic rings. The van der Waals surface area contributed by atoms with Crippen LogP contribution in [-0.2, 0) is 6.42 Å². The monoisotopic (exact) mass is 285 g/mol. The summed E-state index contributed by atoms with van der Waals surface area (Å²) < 4.78 is 13.9. The van der Waals surface area contributed by atoms with Crippen LogP contribution in [0.4, 0.5) is 4.39 Å². The molecule has 0 spiro atoms. The van der Waals surface area contributed by atoms with Crippen molar-refractivity contribution in [2.75, 3.05) is 13.1 Å². The van der Waals surface area contributed by atoms with Crippen molar-refractivity contribution in [2.24, 2.45) is 11.3 Å². The second kappa shape index (κ2) is 7.25. The fraction of sp³-hybridized carbons (Fsp3) is 0.625. The van der Waals surface area contributed by atoms with E-state index in [0.717, 1.165) is 19.5 Å². The van der Waals surface area contributed by atoms with Gasteiger partial charge in [0.2, 0.25) is 0 Å². The van der Waals surface area contributed by atoms with Crippen LogP contribution >= 0.6 is 11.6 Å². The fourth-order valence-electron chi connectivity index (χ4n) is 2.13. The van der Waals surface area contributed by atoms with Crippen LogP contribution in [-0.4, -0.2) is 13.1 Å². The van der Waals surface area contributed by atoms with Crippen LogP contribution in [0.15, 0.2) is 18.2 Å². The van der Waals surface area contributed by atoms with Crippen LogP contribution in [0.2, 0.25) is 5.02 Å². The van der Waals surface area contributed by atoms with Crippen LogP contribution in [0.5, 0.6) is 0 Å². The van der Waals surface area contributed by atoms with Crippen LogP contribution in [0.1, 0.15) is 39.7 Å². The van der Waals surface area contributed by atoms with Gasteiger partial charge in [-0.3, -0.25) is 0 Å². The zero-order valence-corrected chi connectivity index (χ0v) is 13.1. The number of hydrogen-bond donors (Lipinski definition) is 1. The molecule has 0 aliphatic rings. The van der Waals surface area contributed by atoms with Gasteiger partial charge < -0.3 is 5.32 Å². The first-order valence-electron chi connectivity index (χ1n) is 7.04. The summed E-state index contributed by atoms with van der Waals surface area (Å²) in [6.45, 7) is 10.6. The lowest BCUT2D eigenvalue weighted by atomic mass is 9.74. The van der Waals surface area contributed by atoms with E-state index >= 15 is 0 Å². The van der Waals surface area contributed by atoms with Gasteiger partial charge in [-0.05, 0) is 42.9 Å². The van der Waals surface area contributed by atoms with Gasteiger partial charge >= 0.3 is 0 Å². The van der Waals surface area contributed by atoms with E-state index in [0.29, 0.717) is 22.9 Å². The summed E-state index contributed by atoms with van der Waals surface area (Å²) in [6.07, 6.45) is 1.77. The lowest BCUT2D eigenvalue weighted by Crippen LogP contribution is -2.38. The Balaban J connectivity index is 2.89. The molecule has 3 heteroatoms. The standard InChI is InChI=1S/C16H25ClFN/c1-5-9-19-11-16(4,12(2)3)10-13-14(17)7-6-8-15(13)18/h6-8,12,19H,5,9-11H2,1-4H3. The lowest BCUT2D eigenvalue weighted by Gasteiger charge is -2.35. The maximum Gasteiger partial charge on any atom is 0.127 e. The number of halogens is 2. The molecule has 1 rings (SSSR count). The molecule has 0 aliphatic carbocycles. The minimum Gasteiger partial charge on any atom is -0.316 e. The Kier molecular flexibility index (Phi) is 6.28. The quantitative estimate of drug-likeness (QED) is 0.717. The van der Waals surface area contributed by atoms with Crippen molar-refractivity contribution < 1.29 is 4.39 Å². The molecule has 108 valence electrons. The summed E-state index contributed by atoms with van der Waals surface area (Å²) in [7, 11) is 0. The lowest BCUT2D eigenvalue weighted by molar-refractivity contribution is 0.205. The van der Waals surface area contributed by atoms with Crippen LogP contribution in [0.3, 0.4) is 0 Å². The highest BCUT2D eigenvalue weighted by Crippen LogP contribution is 2.34. The van der Waals surface area contributed by atoms with E-state index in [1.165, 1.54) is 6.07 Å². The highest BCUT2D eigenvalue weighted by atomic mass is 35.5. The summed E-state index contributed by atoms with van der Waals surface area (Å²) in [5, 5.41) is 3.98. The Bertz CT molecular complexity index is 385. The van der Waals surface area contributed by atoms with E-state index in [1.54, 1.807) is 12.1 Å². The number of nitrogens with one attached hydrogen (secondary N) is 1. The second-order valence-corrected chi connectivity index (χ2v) is 6.27. The van der Waals surface area contributed by atoms with Gasteiger partial charge in [0, 0.05) is 17.1 Å². The molecule has 0 heterocycles. The summed E-state index contributed by atoms with van der Waals surface area (Å²) in [5.41, 5.74) is 0.639. The van der Waals surface area contributed by atoms with Crippen molar-refractivity contribution in [1.29, 1.82) is 0 Å². The zero-order chi connectivity index (χ0) is 14.5. The molecule has 0 amide bonds. The summed E-state index contributed by atoms with van der Waals surface area (Å²) in [4.78, 5) is 0. The molecular formula is C16H25ClFN. The molecule has 0 fully saturated rings.